The van der Waals surface area contributed by atoms with Crippen LogP contribution in [0.2, 0.25) is 0 Å². The minimum absolute atomic E-state index is 0.240. The average Bonchev–Trinajstić information content (AvgIpc) is 2.99. The molecule has 0 unspecified atom stereocenters. The fraction of sp³-hybridized carbons (Fsp3) is 0.250. The smallest absolute Gasteiger partial charge is 0.119 e. The van der Waals surface area contributed by atoms with Crippen molar-refractivity contribution in [2.45, 2.75) is 12.0 Å². The maximum absolute atomic E-state index is 9.71. The maximum atomic E-state index is 9.71. The van der Waals surface area contributed by atoms with Crippen LogP contribution in [0.15, 0.2) is 52.3 Å². The van der Waals surface area contributed by atoms with E-state index in [0.717, 1.165) is 20.8 Å². The molecule has 2 aliphatic heterocycles. The Balaban J connectivity index is 2.21. The lowest BCUT2D eigenvalue weighted by Crippen LogP contribution is -2.38. The first kappa shape index (κ1) is 15.3. The van der Waals surface area contributed by atoms with Crippen molar-refractivity contribution < 1.29 is 0 Å². The number of allylic oxidation sites excluding steroid dienone is 2. The normalized spacial score (nSPS) is 24.0. The van der Waals surface area contributed by atoms with Crippen LogP contribution < -0.4 is 5.73 Å². The van der Waals surface area contributed by atoms with Gasteiger partial charge in [0.1, 0.15) is 5.82 Å². The van der Waals surface area contributed by atoms with Gasteiger partial charge in [-0.3, -0.25) is 0 Å². The van der Waals surface area contributed by atoms with E-state index in [4.69, 9.17) is 5.73 Å². The van der Waals surface area contributed by atoms with E-state index in [2.05, 4.69) is 34.7 Å². The van der Waals surface area contributed by atoms with Crippen molar-refractivity contribution in [1.82, 2.24) is 4.90 Å². The molecular formula is C16H13IN4S. The fourth-order valence-electron chi connectivity index (χ4n) is 2.87. The Bertz CT molecular complexity index is 742. The summed E-state index contributed by atoms with van der Waals surface area (Å²) in [6.45, 7) is 0. The van der Waals surface area contributed by atoms with Gasteiger partial charge in [0.15, 0.2) is 0 Å². The van der Waals surface area contributed by atoms with E-state index in [1.807, 2.05) is 35.2 Å². The standard InChI is InChI=1S/C16H13IN4S/c17-6-11-9-22-16-13(8-19)14(10-4-2-1-3-5-10)12(7-18)15(20)21(11)16/h1-5,11,14H,6,9,20H2/t11-,14-/m1/s1. The highest BCUT2D eigenvalue weighted by Gasteiger charge is 2.41. The Morgan fingerprint density at radius 1 is 1.23 bits per heavy atom. The number of fused-ring (bicyclic) bond motifs is 1. The first-order chi connectivity index (χ1) is 10.7. The van der Waals surface area contributed by atoms with E-state index in [0.29, 0.717) is 17.0 Å². The van der Waals surface area contributed by atoms with Gasteiger partial charge in [-0.2, -0.15) is 10.5 Å². The van der Waals surface area contributed by atoms with Gasteiger partial charge >= 0.3 is 0 Å². The van der Waals surface area contributed by atoms with Gasteiger partial charge in [-0.15, -0.1) is 11.8 Å². The number of rotatable bonds is 2. The van der Waals surface area contributed by atoms with Gasteiger partial charge in [-0.1, -0.05) is 52.9 Å². The van der Waals surface area contributed by atoms with Crippen LogP contribution in [-0.2, 0) is 0 Å². The molecule has 2 atom stereocenters. The highest BCUT2D eigenvalue weighted by molar-refractivity contribution is 14.1. The molecule has 1 aromatic carbocycles. The second-order valence-corrected chi connectivity index (χ2v) is 6.96. The van der Waals surface area contributed by atoms with Crippen molar-refractivity contribution in [3.63, 3.8) is 0 Å². The molecule has 4 nitrogen and oxygen atoms in total. The minimum Gasteiger partial charge on any atom is -0.384 e. The number of halogens is 1. The molecule has 110 valence electrons. The molecule has 22 heavy (non-hydrogen) atoms. The van der Waals surface area contributed by atoms with Gasteiger partial charge in [0.05, 0.1) is 40.3 Å². The van der Waals surface area contributed by atoms with Gasteiger partial charge in [0, 0.05) is 10.2 Å². The summed E-state index contributed by atoms with van der Waals surface area (Å²) in [6, 6.07) is 14.5. The summed E-state index contributed by atoms with van der Waals surface area (Å²) in [6.07, 6.45) is 0. The molecule has 2 aliphatic rings. The highest BCUT2D eigenvalue weighted by Crippen LogP contribution is 2.48. The third-order valence-corrected chi connectivity index (χ3v) is 6.15. The van der Waals surface area contributed by atoms with Crippen molar-refractivity contribution in [1.29, 1.82) is 10.5 Å². The number of hydrogen-bond donors (Lipinski definition) is 1. The number of benzene rings is 1. The van der Waals surface area contributed by atoms with Crippen LogP contribution in [-0.4, -0.2) is 21.1 Å². The molecular weight excluding hydrogens is 407 g/mol. The summed E-state index contributed by atoms with van der Waals surface area (Å²) in [4.78, 5) is 1.98. The van der Waals surface area contributed by atoms with Gasteiger partial charge in [-0.05, 0) is 5.56 Å². The second-order valence-electron chi connectivity index (χ2n) is 5.07. The highest BCUT2D eigenvalue weighted by atomic mass is 127. The molecule has 0 aromatic heterocycles. The lowest BCUT2D eigenvalue weighted by atomic mass is 9.83. The Morgan fingerprint density at radius 3 is 2.50 bits per heavy atom. The molecule has 0 amide bonds. The Morgan fingerprint density at radius 2 is 1.91 bits per heavy atom. The van der Waals surface area contributed by atoms with E-state index in [1.54, 1.807) is 11.8 Å². The number of nitrogens with zero attached hydrogens (tertiary/aromatic N) is 3. The van der Waals surface area contributed by atoms with E-state index in [-0.39, 0.29) is 12.0 Å². The fourth-order valence-corrected chi connectivity index (χ4v) is 5.32. The lowest BCUT2D eigenvalue weighted by molar-refractivity contribution is 0.384. The molecule has 0 aliphatic carbocycles. The molecule has 0 spiro atoms. The average molecular weight is 420 g/mol. The first-order valence-electron chi connectivity index (χ1n) is 6.79. The molecule has 2 N–H and O–H groups in total. The molecule has 1 aromatic rings. The third kappa shape index (κ3) is 2.27. The Hall–Kier alpha value is -1.64. The molecule has 3 rings (SSSR count). The van der Waals surface area contributed by atoms with Crippen LogP contribution in [0.4, 0.5) is 0 Å². The lowest BCUT2D eigenvalue weighted by Gasteiger charge is -2.34. The van der Waals surface area contributed by atoms with Crippen LogP contribution in [0, 0.1) is 22.7 Å². The Labute approximate surface area is 147 Å². The SMILES string of the molecule is N#CC1=C(N)N2C(=C(C#N)[C@@H]1c1ccccc1)SC[C@H]2CI. The molecule has 2 heterocycles. The van der Waals surface area contributed by atoms with Gasteiger partial charge in [0.2, 0.25) is 0 Å². The second kappa shape index (κ2) is 6.23. The number of nitriles is 2. The molecule has 0 radical (unpaired) electrons. The van der Waals surface area contributed by atoms with Gasteiger partial charge in [-0.25, -0.2) is 0 Å². The third-order valence-electron chi connectivity index (χ3n) is 3.89. The number of hydrogen-bond acceptors (Lipinski definition) is 5. The number of thioether (sulfide) groups is 1. The minimum atomic E-state index is -0.358. The summed E-state index contributed by atoms with van der Waals surface area (Å²) in [5.74, 6) is 1.03. The number of nitrogens with two attached hydrogens (primary N) is 1. The van der Waals surface area contributed by atoms with Crippen molar-refractivity contribution in [3.8, 4) is 12.1 Å². The quantitative estimate of drug-likeness (QED) is 0.588. The molecule has 6 heteroatoms. The maximum Gasteiger partial charge on any atom is 0.119 e. The van der Waals surface area contributed by atoms with E-state index in [9.17, 15) is 10.5 Å². The largest absolute Gasteiger partial charge is 0.384 e. The van der Waals surface area contributed by atoms with Crippen LogP contribution in [0.3, 0.4) is 0 Å². The Kier molecular flexibility index (Phi) is 4.32. The van der Waals surface area contributed by atoms with Crippen molar-refractivity contribution in [3.05, 3.63) is 57.9 Å². The molecule has 0 bridgehead atoms. The van der Waals surface area contributed by atoms with Crippen molar-refractivity contribution >= 4 is 34.4 Å². The molecule has 1 saturated heterocycles. The van der Waals surface area contributed by atoms with Crippen molar-refractivity contribution in [2.75, 3.05) is 10.2 Å². The number of alkyl halides is 1. The van der Waals surface area contributed by atoms with Crippen molar-refractivity contribution in [2.24, 2.45) is 5.73 Å². The predicted molar refractivity (Wildman–Crippen MR) is 95.6 cm³/mol. The summed E-state index contributed by atoms with van der Waals surface area (Å²) in [5, 5.41) is 20.2. The van der Waals surface area contributed by atoms with Crippen LogP contribution in [0.1, 0.15) is 11.5 Å². The monoisotopic (exact) mass is 420 g/mol. The van der Waals surface area contributed by atoms with E-state index >= 15 is 0 Å². The first-order valence-corrected chi connectivity index (χ1v) is 9.31. The zero-order chi connectivity index (χ0) is 15.7. The zero-order valence-electron chi connectivity index (χ0n) is 11.7. The topological polar surface area (TPSA) is 76.8 Å². The summed E-state index contributed by atoms with van der Waals surface area (Å²) in [5.41, 5.74) is 8.35. The van der Waals surface area contributed by atoms with E-state index < -0.39 is 0 Å². The van der Waals surface area contributed by atoms with Gasteiger partial charge < -0.3 is 10.6 Å². The molecule has 1 fully saturated rings. The molecule has 0 saturated carbocycles. The van der Waals surface area contributed by atoms with Gasteiger partial charge in [0.25, 0.3) is 0 Å². The summed E-state index contributed by atoms with van der Waals surface area (Å²) >= 11 is 3.98. The van der Waals surface area contributed by atoms with E-state index in [1.165, 1.54) is 0 Å². The zero-order valence-corrected chi connectivity index (χ0v) is 14.6. The van der Waals surface area contributed by atoms with Crippen LogP contribution in [0.5, 0.6) is 0 Å². The summed E-state index contributed by atoms with van der Waals surface area (Å²) in [7, 11) is 0. The predicted octanol–water partition coefficient (Wildman–Crippen LogP) is 3.07. The summed E-state index contributed by atoms with van der Waals surface area (Å²) < 4.78 is 0.905. The van der Waals surface area contributed by atoms with Crippen LogP contribution in [0.25, 0.3) is 0 Å². The van der Waals surface area contributed by atoms with Crippen LogP contribution >= 0.6 is 34.4 Å².